The molecule has 1 aliphatic heterocycles. The van der Waals surface area contributed by atoms with Crippen molar-refractivity contribution in [1.29, 1.82) is 0 Å². The molecule has 0 aliphatic carbocycles. The third-order valence-corrected chi connectivity index (χ3v) is 5.84. The number of piperidine rings is 1. The molecule has 1 N–H and O–H groups in total. The first-order valence-corrected chi connectivity index (χ1v) is 8.74. The smallest absolute Gasteiger partial charge is 0.252 e. The van der Waals surface area contributed by atoms with Crippen LogP contribution >= 0.6 is 0 Å². The van der Waals surface area contributed by atoms with Crippen LogP contribution in [-0.4, -0.2) is 37.8 Å². The second kappa shape index (κ2) is 6.95. The van der Waals surface area contributed by atoms with Crippen molar-refractivity contribution in [3.8, 4) is 12.3 Å². The average Bonchev–Trinajstić information content (AvgIpc) is 2.53. The maximum absolute atomic E-state index is 12.6. The van der Waals surface area contributed by atoms with Crippen LogP contribution < -0.4 is 5.32 Å². The fourth-order valence-electron chi connectivity index (χ4n) is 2.58. The second-order valence-corrected chi connectivity index (χ2v) is 7.26. The lowest BCUT2D eigenvalue weighted by molar-refractivity contribution is 0.0958. The van der Waals surface area contributed by atoms with E-state index < -0.39 is 10.0 Å². The van der Waals surface area contributed by atoms with E-state index in [1.807, 2.05) is 6.92 Å². The Morgan fingerprint density at radius 3 is 2.64 bits per heavy atom. The molecule has 6 heteroatoms. The fraction of sp³-hybridized carbons (Fsp3) is 0.438. The number of hydrogen-bond acceptors (Lipinski definition) is 3. The lowest BCUT2D eigenvalue weighted by Gasteiger charge is -2.32. The molecular weight excluding hydrogens is 300 g/mol. The summed E-state index contributed by atoms with van der Waals surface area (Å²) in [7, 11) is -3.50. The summed E-state index contributed by atoms with van der Waals surface area (Å²) >= 11 is 0. The number of carbonyl (C=O) groups excluding carboxylic acids is 1. The van der Waals surface area contributed by atoms with E-state index in [1.165, 1.54) is 24.3 Å². The molecule has 0 spiro atoms. The van der Waals surface area contributed by atoms with Gasteiger partial charge in [0.25, 0.3) is 5.91 Å². The molecule has 1 amide bonds. The quantitative estimate of drug-likeness (QED) is 0.857. The first-order valence-electron chi connectivity index (χ1n) is 7.30. The lowest BCUT2D eigenvalue weighted by atomic mass is 10.1. The topological polar surface area (TPSA) is 66.5 Å². The zero-order chi connectivity index (χ0) is 16.2. The zero-order valence-corrected chi connectivity index (χ0v) is 13.4. The van der Waals surface area contributed by atoms with Crippen LogP contribution in [0.2, 0.25) is 0 Å². The molecule has 1 unspecified atom stereocenters. The summed E-state index contributed by atoms with van der Waals surface area (Å²) in [6, 6.07) is 5.97. The van der Waals surface area contributed by atoms with Crippen LogP contribution in [0.3, 0.4) is 0 Å². The van der Waals surface area contributed by atoms with Crippen LogP contribution in [0.15, 0.2) is 29.2 Å². The van der Waals surface area contributed by atoms with Gasteiger partial charge in [-0.25, -0.2) is 8.42 Å². The number of hydrogen-bond donors (Lipinski definition) is 1. The summed E-state index contributed by atoms with van der Waals surface area (Å²) in [6.45, 7) is 2.62. The van der Waals surface area contributed by atoms with Crippen molar-refractivity contribution >= 4 is 15.9 Å². The van der Waals surface area contributed by atoms with Crippen LogP contribution in [0.4, 0.5) is 0 Å². The van der Waals surface area contributed by atoms with Crippen molar-refractivity contribution in [2.24, 2.45) is 0 Å². The van der Waals surface area contributed by atoms with Crippen LogP contribution in [0.1, 0.15) is 36.5 Å². The molecule has 1 heterocycles. The van der Waals surface area contributed by atoms with E-state index in [4.69, 9.17) is 6.42 Å². The number of terminal acetylenes is 1. The van der Waals surface area contributed by atoms with Crippen molar-refractivity contribution in [3.63, 3.8) is 0 Å². The van der Waals surface area contributed by atoms with E-state index in [2.05, 4.69) is 11.2 Å². The molecule has 5 nitrogen and oxygen atoms in total. The molecule has 0 aromatic heterocycles. The molecule has 22 heavy (non-hydrogen) atoms. The minimum absolute atomic E-state index is 0.0114. The Balaban J connectivity index is 2.19. The Morgan fingerprint density at radius 1 is 1.36 bits per heavy atom. The van der Waals surface area contributed by atoms with Crippen LogP contribution in [0.5, 0.6) is 0 Å². The van der Waals surface area contributed by atoms with Crippen molar-refractivity contribution < 1.29 is 13.2 Å². The predicted molar refractivity (Wildman–Crippen MR) is 84.8 cm³/mol. The Labute approximate surface area is 131 Å². The summed E-state index contributed by atoms with van der Waals surface area (Å²) in [5.74, 6) is 2.01. The number of rotatable bonds is 4. The highest BCUT2D eigenvalue weighted by Crippen LogP contribution is 2.25. The maximum Gasteiger partial charge on any atom is 0.252 e. The van der Waals surface area contributed by atoms with Gasteiger partial charge in [-0.2, -0.15) is 4.31 Å². The van der Waals surface area contributed by atoms with E-state index in [-0.39, 0.29) is 23.4 Å². The maximum atomic E-state index is 12.6. The normalized spacial score (nSPS) is 19.4. The number of nitrogens with zero attached hydrogens (tertiary/aromatic N) is 1. The van der Waals surface area contributed by atoms with Gasteiger partial charge in [-0.3, -0.25) is 4.79 Å². The monoisotopic (exact) mass is 320 g/mol. The van der Waals surface area contributed by atoms with E-state index in [0.717, 1.165) is 19.3 Å². The molecule has 1 aromatic rings. The summed E-state index contributed by atoms with van der Waals surface area (Å²) in [4.78, 5) is 12.0. The van der Waals surface area contributed by atoms with E-state index >= 15 is 0 Å². The highest BCUT2D eigenvalue weighted by atomic mass is 32.2. The van der Waals surface area contributed by atoms with Crippen LogP contribution in [0, 0.1) is 12.3 Å². The minimum Gasteiger partial charge on any atom is -0.341 e. The lowest BCUT2D eigenvalue weighted by Crippen LogP contribution is -2.41. The molecule has 0 radical (unpaired) electrons. The zero-order valence-electron chi connectivity index (χ0n) is 12.6. The Morgan fingerprint density at radius 2 is 2.05 bits per heavy atom. The summed E-state index contributed by atoms with van der Waals surface area (Å²) in [6.07, 6.45) is 7.90. The van der Waals surface area contributed by atoms with E-state index in [1.54, 1.807) is 4.31 Å². The van der Waals surface area contributed by atoms with Gasteiger partial charge < -0.3 is 5.32 Å². The Kier molecular flexibility index (Phi) is 5.22. The summed E-state index contributed by atoms with van der Waals surface area (Å²) in [5.41, 5.74) is 0.390. The largest absolute Gasteiger partial charge is 0.341 e. The number of sulfonamides is 1. The highest BCUT2D eigenvalue weighted by molar-refractivity contribution is 7.89. The van der Waals surface area contributed by atoms with Crippen molar-refractivity contribution in [3.05, 3.63) is 29.8 Å². The van der Waals surface area contributed by atoms with Gasteiger partial charge in [0.05, 0.1) is 11.4 Å². The van der Waals surface area contributed by atoms with E-state index in [0.29, 0.717) is 12.1 Å². The third kappa shape index (κ3) is 3.49. The third-order valence-electron chi connectivity index (χ3n) is 3.82. The van der Waals surface area contributed by atoms with Gasteiger partial charge in [0.15, 0.2) is 0 Å². The fourth-order valence-corrected chi connectivity index (χ4v) is 4.28. The van der Waals surface area contributed by atoms with Gasteiger partial charge in [-0.05, 0) is 44.0 Å². The predicted octanol–water partition coefficient (Wildman–Crippen LogP) is 1.61. The molecule has 0 bridgehead atoms. The second-order valence-electron chi connectivity index (χ2n) is 5.37. The van der Waals surface area contributed by atoms with Gasteiger partial charge >= 0.3 is 0 Å². The van der Waals surface area contributed by atoms with Gasteiger partial charge in [-0.15, -0.1) is 6.42 Å². The summed E-state index contributed by atoms with van der Waals surface area (Å²) in [5, 5.41) is 2.54. The molecule has 1 saturated heterocycles. The number of benzene rings is 1. The molecule has 1 aromatic carbocycles. The number of nitrogens with one attached hydrogen (secondary N) is 1. The number of amides is 1. The Hall–Kier alpha value is -1.84. The molecule has 1 aliphatic rings. The van der Waals surface area contributed by atoms with Gasteiger partial charge in [0.2, 0.25) is 10.0 Å². The van der Waals surface area contributed by atoms with Crippen LogP contribution in [-0.2, 0) is 10.0 Å². The molecule has 1 atom stereocenters. The molecule has 2 rings (SSSR count). The molecule has 118 valence electrons. The van der Waals surface area contributed by atoms with Crippen molar-refractivity contribution in [2.75, 3.05) is 13.1 Å². The molecular formula is C16H20N2O3S. The number of carbonyl (C=O) groups is 1. The van der Waals surface area contributed by atoms with E-state index in [9.17, 15) is 13.2 Å². The van der Waals surface area contributed by atoms with Gasteiger partial charge in [0, 0.05) is 18.2 Å². The van der Waals surface area contributed by atoms with Crippen molar-refractivity contribution in [2.45, 2.75) is 37.1 Å². The first-order chi connectivity index (χ1) is 10.5. The van der Waals surface area contributed by atoms with Crippen LogP contribution in [0.25, 0.3) is 0 Å². The summed E-state index contributed by atoms with van der Waals surface area (Å²) < 4.78 is 26.8. The molecule has 0 saturated carbocycles. The SMILES string of the molecule is C#CCNC(=O)c1ccc(S(=O)(=O)N2CCCCC2C)cc1. The van der Waals surface area contributed by atoms with Crippen molar-refractivity contribution in [1.82, 2.24) is 9.62 Å². The average molecular weight is 320 g/mol. The Bertz CT molecular complexity index is 674. The molecule has 1 fully saturated rings. The van der Waals surface area contributed by atoms with Gasteiger partial charge in [0.1, 0.15) is 0 Å². The minimum atomic E-state index is -3.50. The highest BCUT2D eigenvalue weighted by Gasteiger charge is 2.30. The standard InChI is InChI=1S/C16H20N2O3S/c1-3-11-17-16(19)14-7-9-15(10-8-14)22(20,21)18-12-5-4-6-13(18)2/h1,7-10,13H,4-6,11-12H2,2H3,(H,17,19). The first kappa shape index (κ1) is 16.5. The van der Waals surface area contributed by atoms with Gasteiger partial charge in [-0.1, -0.05) is 12.3 Å².